The highest BCUT2D eigenvalue weighted by Crippen LogP contribution is 2.27. The van der Waals surface area contributed by atoms with Gasteiger partial charge in [0.05, 0.1) is 67.6 Å². The average Bonchev–Trinajstić information content (AvgIpc) is 4.24. The molecule has 3 aliphatic rings. The van der Waals surface area contributed by atoms with Gasteiger partial charge in [0, 0.05) is 0 Å². The van der Waals surface area contributed by atoms with Crippen molar-refractivity contribution in [3.63, 3.8) is 0 Å². The van der Waals surface area contributed by atoms with Crippen LogP contribution in [0.1, 0.15) is 124 Å². The first-order chi connectivity index (χ1) is 36.0. The van der Waals surface area contributed by atoms with Gasteiger partial charge in [-0.2, -0.15) is 0 Å². The summed E-state index contributed by atoms with van der Waals surface area (Å²) in [6, 6.07) is 30.7. The Labute approximate surface area is 457 Å². The molecule has 2 saturated carbocycles. The van der Waals surface area contributed by atoms with Gasteiger partial charge in [-0.1, -0.05) is 116 Å². The van der Waals surface area contributed by atoms with E-state index in [2.05, 4.69) is 15.5 Å². The van der Waals surface area contributed by atoms with Crippen molar-refractivity contribution < 1.29 is 64.9 Å². The van der Waals surface area contributed by atoms with Gasteiger partial charge < -0.3 is 39.4 Å². The molecule has 20 heteroatoms. The number of ether oxygens (including phenoxy) is 5. The number of hydrogen-bond acceptors (Lipinski definition) is 14. The van der Waals surface area contributed by atoms with Gasteiger partial charge in [-0.15, -0.1) is 0 Å². The van der Waals surface area contributed by atoms with E-state index in [4.69, 9.17) is 33.4 Å². The molecule has 2 amide bonds. The van der Waals surface area contributed by atoms with Gasteiger partial charge in [-0.25, -0.2) is 26.4 Å². The number of hydroxylamine groups is 1. The minimum absolute atomic E-state index is 0. The van der Waals surface area contributed by atoms with Crippen molar-refractivity contribution in [3.8, 4) is 11.5 Å². The number of aliphatic hydroxyl groups excluding tert-OH is 1. The summed E-state index contributed by atoms with van der Waals surface area (Å²) in [4.78, 5) is 38.2. The fourth-order valence-corrected chi connectivity index (χ4v) is 10.5. The molecule has 1 saturated heterocycles. The minimum atomic E-state index is -4.13. The molecular formula is C57H84N4O14S2. The minimum Gasteiger partial charge on any atom is -0.497 e. The molecule has 4 N–H and O–H groups in total. The zero-order valence-corrected chi connectivity index (χ0v) is 46.9. The number of nitrogens with one attached hydrogen (secondary N) is 3. The number of amides is 2. The largest absolute Gasteiger partial charge is 0.497 e. The summed E-state index contributed by atoms with van der Waals surface area (Å²) >= 11 is 0. The maximum atomic E-state index is 13.7. The molecule has 1 unspecified atom stereocenters. The Morgan fingerprint density at radius 3 is 1.53 bits per heavy atom. The summed E-state index contributed by atoms with van der Waals surface area (Å²) in [6.45, 7) is 11.1. The van der Waals surface area contributed by atoms with Crippen molar-refractivity contribution in [1.29, 1.82) is 0 Å². The molecule has 428 valence electrons. The van der Waals surface area contributed by atoms with Crippen LogP contribution in [0.5, 0.6) is 11.5 Å². The molecule has 18 nitrogen and oxygen atoms in total. The zero-order valence-electron chi connectivity index (χ0n) is 45.3. The number of hydrogen-bond donors (Lipinski definition) is 4. The number of sulfonamides is 2. The zero-order chi connectivity index (χ0) is 55.4. The summed E-state index contributed by atoms with van der Waals surface area (Å²) in [5, 5.41) is 17.0. The van der Waals surface area contributed by atoms with E-state index in [0.29, 0.717) is 18.1 Å². The monoisotopic (exact) mass is 1110 g/mol. The third-order valence-corrected chi connectivity index (χ3v) is 15.1. The molecule has 77 heavy (non-hydrogen) atoms. The molecule has 1 aliphatic heterocycles. The maximum absolute atomic E-state index is 13.7. The van der Waals surface area contributed by atoms with E-state index < -0.39 is 49.5 Å². The second kappa shape index (κ2) is 30.7. The van der Waals surface area contributed by atoms with Crippen molar-refractivity contribution in [3.05, 3.63) is 120 Å². The molecule has 0 spiro atoms. The Bertz CT molecular complexity index is 2560. The van der Waals surface area contributed by atoms with E-state index in [-0.39, 0.29) is 60.6 Å². The van der Waals surface area contributed by atoms with Crippen LogP contribution < -0.4 is 25.0 Å². The molecule has 3 fully saturated rings. The summed E-state index contributed by atoms with van der Waals surface area (Å²) in [7, 11) is -4.71. The van der Waals surface area contributed by atoms with Gasteiger partial charge in [-0.3, -0.25) is 9.68 Å². The van der Waals surface area contributed by atoms with E-state index in [9.17, 15) is 31.5 Å². The van der Waals surface area contributed by atoms with E-state index >= 15 is 0 Å². The second-order valence-corrected chi connectivity index (χ2v) is 24.5. The number of epoxide rings is 1. The molecule has 2 aliphatic carbocycles. The maximum Gasteiger partial charge on any atom is 0.407 e. The number of nitrogens with zero attached hydrogens (tertiary/aromatic N) is 1. The second-order valence-electron chi connectivity index (χ2n) is 21.0. The standard InChI is InChI=1S/C28H40N2O7S.C15H21NO3.C13H19NO4S.CH4/c1-28(2,3)36-27(32)29-25(19-21-11-7-5-8-12-21)26(31)20-30(37-23-13-9-6-10-14-23)38(33,34)24-17-15-22(35-4)16-18-24;1-15(2,3)19-14(17)16-12(13-10-18-13)9-11-7-5-4-6-8-11;1-17-11-7-9-13(10-8-11)19(15,16)14-18-12-5-3-2-4-6-12;/h5,7-8,11-12,15-18,23,25-26,31H,6,9-10,13-14,19-20H2,1-4H3,(H,29,32);4-8,12-13H,9-10H2,1-3H3,(H,16,17);7-10,12,14H,2-6H2,1H3;1H4/t25-,26+;12-,13?;;/m00../s1. The average molecular weight is 1110 g/mol. The first kappa shape index (κ1) is 64.2. The molecule has 0 bridgehead atoms. The summed E-state index contributed by atoms with van der Waals surface area (Å²) in [5.74, 6) is 1.14. The molecule has 1 heterocycles. The summed E-state index contributed by atoms with van der Waals surface area (Å²) < 4.78 is 78.3. The van der Waals surface area contributed by atoms with Crippen LogP contribution in [0, 0.1) is 0 Å². The van der Waals surface area contributed by atoms with Crippen molar-refractivity contribution in [2.45, 2.75) is 184 Å². The first-order valence-corrected chi connectivity index (χ1v) is 29.0. The van der Waals surface area contributed by atoms with Gasteiger partial charge in [0.2, 0.25) is 0 Å². The van der Waals surface area contributed by atoms with Gasteiger partial charge in [0.25, 0.3) is 20.0 Å². The smallest absolute Gasteiger partial charge is 0.407 e. The number of benzene rings is 4. The van der Waals surface area contributed by atoms with E-state index in [1.165, 1.54) is 50.5 Å². The van der Waals surface area contributed by atoms with Crippen molar-refractivity contribution in [2.75, 3.05) is 27.4 Å². The fourth-order valence-electron chi connectivity index (χ4n) is 8.30. The van der Waals surface area contributed by atoms with Crippen LogP contribution in [0.25, 0.3) is 0 Å². The summed E-state index contributed by atoms with van der Waals surface area (Å²) in [6.07, 6.45) is 8.08. The lowest BCUT2D eigenvalue weighted by atomic mass is 9.98. The predicted octanol–water partition coefficient (Wildman–Crippen LogP) is 9.84. The van der Waals surface area contributed by atoms with Gasteiger partial charge in [0.15, 0.2) is 0 Å². The van der Waals surface area contributed by atoms with Crippen LogP contribution in [-0.2, 0) is 56.8 Å². The lowest BCUT2D eigenvalue weighted by Crippen LogP contribution is -2.52. The SMILES string of the molecule is C.CC(C)(C)OC(=O)N[C@@H](Cc1ccccc1)C1CO1.COc1ccc(S(=O)(=O)N(C[C@@H](O)[C@H](Cc2ccccc2)NC(=O)OC(C)(C)C)OC2CCCCC2)cc1.COc1ccc(S(=O)(=O)NOC2CCCCC2)cc1. The van der Waals surface area contributed by atoms with Gasteiger partial charge >= 0.3 is 12.2 Å². The van der Waals surface area contributed by atoms with Crippen LogP contribution in [0.15, 0.2) is 119 Å². The Morgan fingerprint density at radius 2 is 1.08 bits per heavy atom. The van der Waals surface area contributed by atoms with Crippen LogP contribution >= 0.6 is 0 Å². The molecule has 4 atom stereocenters. The highest BCUT2D eigenvalue weighted by molar-refractivity contribution is 7.89. The van der Waals surface area contributed by atoms with Crippen LogP contribution in [0.2, 0.25) is 0 Å². The van der Waals surface area contributed by atoms with Gasteiger partial charge in [-0.05, 0) is 140 Å². The molecule has 4 aromatic rings. The van der Waals surface area contributed by atoms with Crippen molar-refractivity contribution in [2.24, 2.45) is 0 Å². The Morgan fingerprint density at radius 1 is 0.636 bits per heavy atom. The van der Waals surface area contributed by atoms with Crippen molar-refractivity contribution in [1.82, 2.24) is 20.0 Å². The van der Waals surface area contributed by atoms with Crippen LogP contribution in [0.4, 0.5) is 9.59 Å². The highest BCUT2D eigenvalue weighted by atomic mass is 32.2. The number of methoxy groups -OCH3 is 2. The number of carbonyl (C=O) groups is 2. The lowest BCUT2D eigenvalue weighted by Gasteiger charge is -2.33. The first-order valence-electron chi connectivity index (χ1n) is 26.0. The molecule has 0 aromatic heterocycles. The Kier molecular flexibility index (Phi) is 25.6. The topological polar surface area (TPSA) is 230 Å². The van der Waals surface area contributed by atoms with E-state index in [1.54, 1.807) is 45.0 Å². The van der Waals surface area contributed by atoms with Crippen LogP contribution in [0.3, 0.4) is 0 Å². The highest BCUT2D eigenvalue weighted by Gasteiger charge is 2.36. The quantitative estimate of drug-likeness (QED) is 0.0477. The number of alkyl carbamates (subject to hydrolysis) is 2. The summed E-state index contributed by atoms with van der Waals surface area (Å²) in [5.41, 5.74) is 0.829. The molecule has 4 aromatic carbocycles. The van der Waals surface area contributed by atoms with Gasteiger partial charge in [0.1, 0.15) is 28.8 Å². The number of rotatable bonds is 20. The van der Waals surface area contributed by atoms with E-state index in [0.717, 1.165) is 74.2 Å². The normalized spacial score (nSPS) is 17.3. The molecular weight excluding hydrogens is 1030 g/mol. The third kappa shape index (κ3) is 23.3. The van der Waals surface area contributed by atoms with E-state index in [1.807, 2.05) is 81.4 Å². The lowest BCUT2D eigenvalue weighted by molar-refractivity contribution is -0.156. The number of aliphatic hydroxyl groups is 1. The number of carbonyl (C=O) groups excluding carboxylic acids is 2. The molecule has 0 radical (unpaired) electrons. The predicted molar refractivity (Wildman–Crippen MR) is 295 cm³/mol. The third-order valence-electron chi connectivity index (χ3n) is 12.3. The fraction of sp³-hybridized carbons (Fsp3) is 0.544. The van der Waals surface area contributed by atoms with Crippen LogP contribution in [-0.4, -0.2) is 114 Å². The Hall–Kier alpha value is -5.32. The molecule has 7 rings (SSSR count). The Balaban J connectivity index is 0.000000274. The van der Waals surface area contributed by atoms with Crippen molar-refractivity contribution >= 4 is 32.2 Å².